The van der Waals surface area contributed by atoms with Crippen molar-refractivity contribution in [1.82, 2.24) is 10.3 Å². The molecule has 104 valence electrons. The number of nitrogens with zero attached hydrogens (tertiary/aromatic N) is 1. The predicted molar refractivity (Wildman–Crippen MR) is 77.2 cm³/mol. The molecule has 2 aromatic rings. The van der Waals surface area contributed by atoms with E-state index in [1.807, 2.05) is 30.3 Å². The molecule has 0 fully saturated rings. The molecule has 3 rings (SSSR count). The summed E-state index contributed by atoms with van der Waals surface area (Å²) in [4.78, 5) is 4.26. The van der Waals surface area contributed by atoms with E-state index in [1.165, 1.54) is 0 Å². The van der Waals surface area contributed by atoms with E-state index < -0.39 is 0 Å². The third kappa shape index (κ3) is 3.03. The Bertz CT molecular complexity index is 590. The minimum absolute atomic E-state index is 0.546. The van der Waals surface area contributed by atoms with E-state index in [1.54, 1.807) is 6.20 Å². The van der Waals surface area contributed by atoms with Crippen molar-refractivity contribution < 1.29 is 9.47 Å². The van der Waals surface area contributed by atoms with Crippen molar-refractivity contribution >= 4 is 11.6 Å². The maximum Gasteiger partial charge on any atom is 0.179 e. The topological polar surface area (TPSA) is 43.4 Å². The molecule has 1 N–H and O–H groups in total. The molecule has 0 saturated carbocycles. The lowest BCUT2D eigenvalue weighted by atomic mass is 10.2. The van der Waals surface area contributed by atoms with Crippen LogP contribution in [0.5, 0.6) is 11.5 Å². The van der Waals surface area contributed by atoms with Crippen molar-refractivity contribution in [1.29, 1.82) is 0 Å². The predicted octanol–water partition coefficient (Wildman–Crippen LogP) is 2.80. The molecule has 0 bridgehead atoms. The van der Waals surface area contributed by atoms with Crippen LogP contribution in [0.2, 0.25) is 5.02 Å². The SMILES string of the molecule is Clc1cc(CNCc2ccccn2)cc2c1OCCO2. The van der Waals surface area contributed by atoms with E-state index in [0.717, 1.165) is 17.0 Å². The average Bonchev–Trinajstić information content (AvgIpc) is 2.48. The molecule has 0 spiro atoms. The molecule has 20 heavy (non-hydrogen) atoms. The van der Waals surface area contributed by atoms with E-state index in [0.29, 0.717) is 37.1 Å². The van der Waals surface area contributed by atoms with Crippen LogP contribution in [-0.2, 0) is 13.1 Å². The minimum atomic E-state index is 0.546. The van der Waals surface area contributed by atoms with Gasteiger partial charge in [0.2, 0.25) is 0 Å². The second-order valence-electron chi connectivity index (χ2n) is 4.53. The van der Waals surface area contributed by atoms with Crippen LogP contribution in [0.15, 0.2) is 36.5 Å². The van der Waals surface area contributed by atoms with E-state index in [4.69, 9.17) is 21.1 Å². The lowest BCUT2D eigenvalue weighted by molar-refractivity contribution is 0.171. The smallest absolute Gasteiger partial charge is 0.179 e. The Morgan fingerprint density at radius 2 is 2.05 bits per heavy atom. The molecule has 0 saturated heterocycles. The molecule has 0 aliphatic carbocycles. The first-order valence-corrected chi connectivity index (χ1v) is 6.89. The Hall–Kier alpha value is -1.78. The monoisotopic (exact) mass is 290 g/mol. The van der Waals surface area contributed by atoms with Crippen molar-refractivity contribution in [3.05, 3.63) is 52.8 Å². The van der Waals surface area contributed by atoms with Crippen molar-refractivity contribution in [2.24, 2.45) is 0 Å². The summed E-state index contributed by atoms with van der Waals surface area (Å²) in [7, 11) is 0. The van der Waals surface area contributed by atoms with Crippen LogP contribution >= 0.6 is 11.6 Å². The largest absolute Gasteiger partial charge is 0.486 e. The van der Waals surface area contributed by atoms with E-state index >= 15 is 0 Å². The Labute approximate surface area is 122 Å². The van der Waals surface area contributed by atoms with Gasteiger partial charge in [0.05, 0.1) is 10.7 Å². The third-order valence-corrected chi connectivity index (χ3v) is 3.30. The summed E-state index contributed by atoms with van der Waals surface area (Å²) >= 11 is 6.20. The maximum atomic E-state index is 6.20. The van der Waals surface area contributed by atoms with Crippen LogP contribution in [0, 0.1) is 0 Å². The number of hydrogen-bond acceptors (Lipinski definition) is 4. The quantitative estimate of drug-likeness (QED) is 0.940. The molecule has 1 aromatic heterocycles. The fourth-order valence-corrected chi connectivity index (χ4v) is 2.39. The van der Waals surface area contributed by atoms with Gasteiger partial charge in [-0.1, -0.05) is 17.7 Å². The Balaban J connectivity index is 1.64. The first-order valence-electron chi connectivity index (χ1n) is 6.51. The van der Waals surface area contributed by atoms with Gasteiger partial charge in [0.1, 0.15) is 13.2 Å². The van der Waals surface area contributed by atoms with Gasteiger partial charge in [-0.2, -0.15) is 0 Å². The van der Waals surface area contributed by atoms with E-state index in [-0.39, 0.29) is 0 Å². The van der Waals surface area contributed by atoms with Gasteiger partial charge in [-0.25, -0.2) is 0 Å². The van der Waals surface area contributed by atoms with Gasteiger partial charge >= 0.3 is 0 Å². The summed E-state index contributed by atoms with van der Waals surface area (Å²) in [6, 6.07) is 9.74. The lowest BCUT2D eigenvalue weighted by Gasteiger charge is -2.20. The van der Waals surface area contributed by atoms with Crippen LogP contribution in [0.25, 0.3) is 0 Å². The number of halogens is 1. The first-order chi connectivity index (χ1) is 9.83. The molecule has 0 atom stereocenters. The van der Waals surface area contributed by atoms with Crippen LogP contribution in [0.1, 0.15) is 11.3 Å². The van der Waals surface area contributed by atoms with Gasteiger partial charge in [-0.15, -0.1) is 0 Å². The normalized spacial score (nSPS) is 13.2. The summed E-state index contributed by atoms with van der Waals surface area (Å²) in [5.41, 5.74) is 2.08. The second kappa shape index (κ2) is 6.11. The Morgan fingerprint density at radius 3 is 2.90 bits per heavy atom. The van der Waals surface area contributed by atoms with Crippen LogP contribution in [0.4, 0.5) is 0 Å². The molecule has 0 unspecified atom stereocenters. The summed E-state index contributed by atoms with van der Waals surface area (Å²) < 4.78 is 11.1. The van der Waals surface area contributed by atoms with Crippen LogP contribution < -0.4 is 14.8 Å². The fourth-order valence-electron chi connectivity index (χ4n) is 2.10. The van der Waals surface area contributed by atoms with Gasteiger partial charge < -0.3 is 14.8 Å². The molecular formula is C15H15ClN2O2. The molecule has 0 radical (unpaired) electrons. The number of ether oxygens (including phenoxy) is 2. The molecule has 1 aromatic carbocycles. The summed E-state index contributed by atoms with van der Waals surface area (Å²) in [6.07, 6.45) is 1.79. The zero-order valence-corrected chi connectivity index (χ0v) is 11.7. The van der Waals surface area contributed by atoms with Crippen molar-refractivity contribution in [2.45, 2.75) is 13.1 Å². The number of pyridine rings is 1. The number of benzene rings is 1. The van der Waals surface area contributed by atoms with Crippen LogP contribution in [-0.4, -0.2) is 18.2 Å². The van der Waals surface area contributed by atoms with Gasteiger partial charge in [-0.05, 0) is 29.8 Å². The molecule has 0 amide bonds. The van der Waals surface area contributed by atoms with Gasteiger partial charge in [-0.3, -0.25) is 4.98 Å². The average molecular weight is 291 g/mol. The molecule has 1 aliphatic rings. The number of fused-ring (bicyclic) bond motifs is 1. The Kier molecular flexibility index (Phi) is 4.04. The molecule has 1 aliphatic heterocycles. The Morgan fingerprint density at radius 1 is 1.15 bits per heavy atom. The number of hydrogen-bond donors (Lipinski definition) is 1. The van der Waals surface area contributed by atoms with Gasteiger partial charge in [0, 0.05) is 19.3 Å². The highest BCUT2D eigenvalue weighted by molar-refractivity contribution is 6.32. The van der Waals surface area contributed by atoms with E-state index in [9.17, 15) is 0 Å². The minimum Gasteiger partial charge on any atom is -0.486 e. The summed E-state index contributed by atoms with van der Waals surface area (Å²) in [5, 5.41) is 3.93. The highest BCUT2D eigenvalue weighted by Crippen LogP contribution is 2.38. The first kappa shape index (κ1) is 13.2. The van der Waals surface area contributed by atoms with E-state index in [2.05, 4.69) is 10.3 Å². The molecule has 4 nitrogen and oxygen atoms in total. The molecule has 2 heterocycles. The van der Waals surface area contributed by atoms with Crippen LogP contribution in [0.3, 0.4) is 0 Å². The molecular weight excluding hydrogens is 276 g/mol. The van der Waals surface area contributed by atoms with Gasteiger partial charge in [0.15, 0.2) is 11.5 Å². The second-order valence-corrected chi connectivity index (χ2v) is 4.93. The zero-order valence-electron chi connectivity index (χ0n) is 10.9. The maximum absolute atomic E-state index is 6.20. The fraction of sp³-hybridized carbons (Fsp3) is 0.267. The third-order valence-electron chi connectivity index (χ3n) is 3.02. The number of nitrogens with one attached hydrogen (secondary N) is 1. The highest BCUT2D eigenvalue weighted by Gasteiger charge is 2.16. The summed E-state index contributed by atoms with van der Waals surface area (Å²) in [5.74, 6) is 1.37. The highest BCUT2D eigenvalue weighted by atomic mass is 35.5. The zero-order chi connectivity index (χ0) is 13.8. The standard InChI is InChI=1S/C15H15ClN2O2/c16-13-7-11(8-14-15(13)20-6-5-19-14)9-17-10-12-3-1-2-4-18-12/h1-4,7-8,17H,5-6,9-10H2. The number of rotatable bonds is 4. The number of aromatic nitrogens is 1. The lowest BCUT2D eigenvalue weighted by Crippen LogP contribution is -2.17. The molecule has 5 heteroatoms. The summed E-state index contributed by atoms with van der Waals surface area (Å²) in [6.45, 7) is 2.53. The van der Waals surface area contributed by atoms with Crippen molar-refractivity contribution in [3.8, 4) is 11.5 Å². The van der Waals surface area contributed by atoms with Crippen molar-refractivity contribution in [3.63, 3.8) is 0 Å². The van der Waals surface area contributed by atoms with Crippen molar-refractivity contribution in [2.75, 3.05) is 13.2 Å². The van der Waals surface area contributed by atoms with Gasteiger partial charge in [0.25, 0.3) is 0 Å².